The van der Waals surface area contributed by atoms with Gasteiger partial charge >= 0.3 is 0 Å². The van der Waals surface area contributed by atoms with E-state index in [4.69, 9.17) is 4.74 Å². The van der Waals surface area contributed by atoms with Gasteiger partial charge in [0.25, 0.3) is 0 Å². The first kappa shape index (κ1) is 12.4. The smallest absolute Gasteiger partial charge is 0.0468 e. The molecule has 1 saturated carbocycles. The van der Waals surface area contributed by atoms with Crippen LogP contribution >= 0.6 is 0 Å². The molecule has 0 amide bonds. The molecule has 1 aliphatic carbocycles. The zero-order chi connectivity index (χ0) is 11.4. The van der Waals surface area contributed by atoms with Crippen LogP contribution in [0.1, 0.15) is 58.8 Å². The molecule has 2 rings (SSSR count). The summed E-state index contributed by atoms with van der Waals surface area (Å²) in [6.45, 7) is 6.66. The lowest BCUT2D eigenvalue weighted by Crippen LogP contribution is -2.54. The minimum absolute atomic E-state index is 0.505. The maximum atomic E-state index is 5.42. The van der Waals surface area contributed by atoms with Crippen molar-refractivity contribution < 1.29 is 4.74 Å². The number of rotatable bonds is 5. The van der Waals surface area contributed by atoms with E-state index < -0.39 is 0 Å². The number of nitrogens with one attached hydrogen (secondary N) is 1. The van der Waals surface area contributed by atoms with Crippen molar-refractivity contribution in [1.82, 2.24) is 5.32 Å². The molecule has 2 aliphatic rings. The van der Waals surface area contributed by atoms with Gasteiger partial charge < -0.3 is 10.1 Å². The summed E-state index contributed by atoms with van der Waals surface area (Å²) < 4.78 is 5.42. The van der Waals surface area contributed by atoms with E-state index in [1.54, 1.807) is 0 Å². The third kappa shape index (κ3) is 2.98. The van der Waals surface area contributed by atoms with Crippen molar-refractivity contribution in [2.24, 2.45) is 5.92 Å². The fraction of sp³-hybridized carbons (Fsp3) is 1.00. The van der Waals surface area contributed by atoms with Crippen LogP contribution in [-0.4, -0.2) is 24.8 Å². The monoisotopic (exact) mass is 225 g/mol. The van der Waals surface area contributed by atoms with Crippen LogP contribution in [0.15, 0.2) is 0 Å². The number of hydrogen-bond acceptors (Lipinski definition) is 2. The van der Waals surface area contributed by atoms with E-state index in [2.05, 4.69) is 19.2 Å². The first-order valence-electron chi connectivity index (χ1n) is 7.09. The van der Waals surface area contributed by atoms with Gasteiger partial charge in [-0.05, 0) is 57.8 Å². The van der Waals surface area contributed by atoms with Crippen LogP contribution in [0.2, 0.25) is 0 Å². The fourth-order valence-corrected chi connectivity index (χ4v) is 3.27. The van der Waals surface area contributed by atoms with Crippen molar-refractivity contribution in [3.63, 3.8) is 0 Å². The van der Waals surface area contributed by atoms with Gasteiger partial charge in [0.1, 0.15) is 0 Å². The molecule has 0 radical (unpaired) electrons. The summed E-state index contributed by atoms with van der Waals surface area (Å²) in [4.78, 5) is 0. The molecule has 1 saturated heterocycles. The average molecular weight is 225 g/mol. The second-order valence-electron chi connectivity index (χ2n) is 5.82. The van der Waals surface area contributed by atoms with Gasteiger partial charge in [0, 0.05) is 24.8 Å². The van der Waals surface area contributed by atoms with Crippen LogP contribution in [0.5, 0.6) is 0 Å². The molecule has 1 atom stereocenters. The molecular weight excluding hydrogens is 198 g/mol. The van der Waals surface area contributed by atoms with Crippen molar-refractivity contribution in [2.75, 3.05) is 13.2 Å². The third-order valence-corrected chi connectivity index (χ3v) is 4.57. The molecule has 2 nitrogen and oxygen atoms in total. The Kier molecular flexibility index (Phi) is 4.26. The van der Waals surface area contributed by atoms with E-state index >= 15 is 0 Å². The summed E-state index contributed by atoms with van der Waals surface area (Å²) in [6, 6.07) is 0.684. The molecule has 94 valence electrons. The molecule has 16 heavy (non-hydrogen) atoms. The van der Waals surface area contributed by atoms with Gasteiger partial charge in [0.2, 0.25) is 0 Å². The van der Waals surface area contributed by atoms with Crippen LogP contribution in [0.3, 0.4) is 0 Å². The van der Waals surface area contributed by atoms with Crippen molar-refractivity contribution in [3.8, 4) is 0 Å². The van der Waals surface area contributed by atoms with Gasteiger partial charge in [0.05, 0.1) is 0 Å². The Labute approximate surface area is 100 Å². The second-order valence-corrected chi connectivity index (χ2v) is 5.82. The van der Waals surface area contributed by atoms with Gasteiger partial charge in [-0.3, -0.25) is 0 Å². The molecule has 1 aliphatic heterocycles. The van der Waals surface area contributed by atoms with Gasteiger partial charge in [0.15, 0.2) is 0 Å². The Hall–Kier alpha value is -0.0800. The normalized spacial score (nSPS) is 27.4. The molecule has 0 spiro atoms. The fourth-order valence-electron chi connectivity index (χ4n) is 3.27. The summed E-state index contributed by atoms with van der Waals surface area (Å²) in [5.41, 5.74) is 0.505. The van der Waals surface area contributed by atoms with Gasteiger partial charge in [-0.2, -0.15) is 0 Å². The van der Waals surface area contributed by atoms with Crippen LogP contribution < -0.4 is 5.32 Å². The topological polar surface area (TPSA) is 21.3 Å². The van der Waals surface area contributed by atoms with Crippen LogP contribution in [-0.2, 0) is 4.74 Å². The van der Waals surface area contributed by atoms with Crippen molar-refractivity contribution in [3.05, 3.63) is 0 Å². The summed E-state index contributed by atoms with van der Waals surface area (Å²) in [7, 11) is 0. The van der Waals surface area contributed by atoms with E-state index in [0.717, 1.165) is 19.1 Å². The van der Waals surface area contributed by atoms with E-state index in [9.17, 15) is 0 Å². The molecule has 0 aromatic heterocycles. The summed E-state index contributed by atoms with van der Waals surface area (Å²) in [5, 5.41) is 3.89. The molecule has 1 N–H and O–H groups in total. The van der Waals surface area contributed by atoms with Crippen molar-refractivity contribution in [2.45, 2.75) is 70.4 Å². The highest BCUT2D eigenvalue weighted by molar-refractivity contribution is 4.96. The molecule has 0 aromatic rings. The van der Waals surface area contributed by atoms with Gasteiger partial charge in [-0.15, -0.1) is 0 Å². The van der Waals surface area contributed by atoms with E-state index in [1.165, 1.54) is 44.9 Å². The van der Waals surface area contributed by atoms with Crippen LogP contribution in [0.25, 0.3) is 0 Å². The summed E-state index contributed by atoms with van der Waals surface area (Å²) in [5.74, 6) is 0.894. The Bertz CT molecular complexity index is 201. The molecule has 1 heterocycles. The van der Waals surface area contributed by atoms with Crippen LogP contribution in [0.4, 0.5) is 0 Å². The summed E-state index contributed by atoms with van der Waals surface area (Å²) >= 11 is 0. The predicted octanol–water partition coefficient (Wildman–Crippen LogP) is 3.11. The SMILES string of the molecule is CCC1(NC(C)CC2CCOCC2)CCC1. The minimum Gasteiger partial charge on any atom is -0.381 e. The highest BCUT2D eigenvalue weighted by Gasteiger charge is 2.36. The molecule has 1 unspecified atom stereocenters. The molecule has 2 heteroatoms. The lowest BCUT2D eigenvalue weighted by molar-refractivity contribution is 0.0572. The highest BCUT2D eigenvalue weighted by Crippen LogP contribution is 2.35. The Morgan fingerprint density at radius 1 is 1.31 bits per heavy atom. The first-order valence-corrected chi connectivity index (χ1v) is 7.09. The standard InChI is InChI=1S/C14H27NO/c1-3-14(7-4-8-14)15-12(2)11-13-5-9-16-10-6-13/h12-13,15H,3-11H2,1-2H3. The lowest BCUT2D eigenvalue weighted by atomic mass is 9.74. The van der Waals surface area contributed by atoms with Crippen LogP contribution in [0, 0.1) is 5.92 Å². The Morgan fingerprint density at radius 2 is 2.00 bits per heavy atom. The average Bonchev–Trinajstić information content (AvgIpc) is 2.25. The van der Waals surface area contributed by atoms with E-state index in [0.29, 0.717) is 11.6 Å². The van der Waals surface area contributed by atoms with Crippen molar-refractivity contribution >= 4 is 0 Å². The molecule has 2 fully saturated rings. The zero-order valence-corrected chi connectivity index (χ0v) is 10.9. The van der Waals surface area contributed by atoms with E-state index in [1.807, 2.05) is 0 Å². The lowest BCUT2D eigenvalue weighted by Gasteiger charge is -2.45. The quantitative estimate of drug-likeness (QED) is 0.776. The summed E-state index contributed by atoms with van der Waals surface area (Å²) in [6.07, 6.45) is 9.38. The maximum absolute atomic E-state index is 5.42. The largest absolute Gasteiger partial charge is 0.381 e. The highest BCUT2D eigenvalue weighted by atomic mass is 16.5. The Morgan fingerprint density at radius 3 is 2.50 bits per heavy atom. The maximum Gasteiger partial charge on any atom is 0.0468 e. The van der Waals surface area contributed by atoms with Gasteiger partial charge in [-0.25, -0.2) is 0 Å². The third-order valence-electron chi connectivity index (χ3n) is 4.57. The predicted molar refractivity (Wildman–Crippen MR) is 67.6 cm³/mol. The molecule has 0 aromatic carbocycles. The van der Waals surface area contributed by atoms with E-state index in [-0.39, 0.29) is 0 Å². The first-order chi connectivity index (χ1) is 7.74. The minimum atomic E-state index is 0.505. The zero-order valence-electron chi connectivity index (χ0n) is 10.9. The second kappa shape index (κ2) is 5.50. The number of hydrogen-bond donors (Lipinski definition) is 1. The molecular formula is C14H27NO. The van der Waals surface area contributed by atoms with Gasteiger partial charge in [-0.1, -0.05) is 6.92 Å². The Balaban J connectivity index is 1.72. The van der Waals surface area contributed by atoms with Crippen molar-refractivity contribution in [1.29, 1.82) is 0 Å². The number of ether oxygens (including phenoxy) is 1. The molecule has 0 bridgehead atoms.